The van der Waals surface area contributed by atoms with E-state index in [1.807, 2.05) is 0 Å². The number of nitrogens with zero attached hydrogens (tertiary/aromatic N) is 2. The second kappa shape index (κ2) is 4.60. The number of hydrogen-bond donors (Lipinski definition) is 1. The third-order valence-corrected chi connectivity index (χ3v) is 2.49. The van der Waals surface area contributed by atoms with Crippen LogP contribution in [-0.4, -0.2) is 20.9 Å². The highest BCUT2D eigenvalue weighted by atomic mass is 19.1. The Hall–Kier alpha value is -2.57. The number of carboxylic acids is 1. The number of carboxylic acid groups (broad SMARTS) is 1. The lowest BCUT2D eigenvalue weighted by atomic mass is 10.2. The van der Waals surface area contributed by atoms with Crippen LogP contribution in [0.15, 0.2) is 29.2 Å². The number of rotatable bonds is 2. The second-order valence-electron chi connectivity index (χ2n) is 3.83. The van der Waals surface area contributed by atoms with Gasteiger partial charge in [0, 0.05) is 18.3 Å². The van der Waals surface area contributed by atoms with Crippen molar-refractivity contribution in [3.8, 4) is 5.69 Å². The molecule has 1 heterocycles. The number of aromatic nitrogens is 2. The van der Waals surface area contributed by atoms with Crippen LogP contribution in [0.2, 0.25) is 0 Å². The van der Waals surface area contributed by atoms with Crippen molar-refractivity contribution in [2.75, 3.05) is 0 Å². The molecule has 2 rings (SSSR count). The van der Waals surface area contributed by atoms with E-state index < -0.39 is 28.7 Å². The van der Waals surface area contributed by atoms with E-state index in [4.69, 9.17) is 5.11 Å². The first-order valence-electron chi connectivity index (χ1n) is 5.19. The topological polar surface area (TPSA) is 72.2 Å². The van der Waals surface area contributed by atoms with Gasteiger partial charge in [-0.3, -0.25) is 4.79 Å². The monoisotopic (exact) mass is 266 g/mol. The Morgan fingerprint density at radius 3 is 2.63 bits per heavy atom. The Morgan fingerprint density at radius 2 is 2.00 bits per heavy atom. The maximum absolute atomic E-state index is 13.7. The van der Waals surface area contributed by atoms with Crippen molar-refractivity contribution in [3.63, 3.8) is 0 Å². The molecule has 0 amide bonds. The zero-order valence-corrected chi connectivity index (χ0v) is 9.72. The molecule has 98 valence electrons. The van der Waals surface area contributed by atoms with Crippen molar-refractivity contribution < 1.29 is 18.7 Å². The quantitative estimate of drug-likeness (QED) is 0.894. The summed E-state index contributed by atoms with van der Waals surface area (Å²) in [6.45, 7) is 1.39. The molecule has 7 heteroatoms. The fourth-order valence-corrected chi connectivity index (χ4v) is 1.50. The van der Waals surface area contributed by atoms with Gasteiger partial charge in [-0.2, -0.15) is 5.10 Å². The normalized spacial score (nSPS) is 10.5. The lowest BCUT2D eigenvalue weighted by Gasteiger charge is -2.08. The van der Waals surface area contributed by atoms with Gasteiger partial charge in [-0.05, 0) is 18.6 Å². The molecule has 19 heavy (non-hydrogen) atoms. The molecule has 0 aliphatic heterocycles. The van der Waals surface area contributed by atoms with Gasteiger partial charge < -0.3 is 5.11 Å². The summed E-state index contributed by atoms with van der Waals surface area (Å²) in [5.74, 6) is -2.97. The summed E-state index contributed by atoms with van der Waals surface area (Å²) in [4.78, 5) is 22.0. The molecule has 2 aromatic rings. The molecule has 0 spiro atoms. The number of aryl methyl sites for hydroxylation is 1. The summed E-state index contributed by atoms with van der Waals surface area (Å²) < 4.78 is 27.9. The molecule has 0 saturated carbocycles. The van der Waals surface area contributed by atoms with Gasteiger partial charge in [-0.15, -0.1) is 0 Å². The maximum Gasteiger partial charge on any atom is 0.360 e. The van der Waals surface area contributed by atoms with Gasteiger partial charge in [-0.25, -0.2) is 18.3 Å². The van der Waals surface area contributed by atoms with Gasteiger partial charge in [0.05, 0.1) is 0 Å². The smallest absolute Gasteiger partial charge is 0.360 e. The summed E-state index contributed by atoms with van der Waals surface area (Å²) >= 11 is 0. The lowest BCUT2D eigenvalue weighted by molar-refractivity contribution is 0.0686. The van der Waals surface area contributed by atoms with Crippen molar-refractivity contribution in [1.29, 1.82) is 0 Å². The summed E-state index contributed by atoms with van der Waals surface area (Å²) in [6.07, 6.45) is 1.07. The highest BCUT2D eigenvalue weighted by Gasteiger charge is 2.14. The summed E-state index contributed by atoms with van der Waals surface area (Å²) in [5, 5.41) is 12.2. The fourth-order valence-electron chi connectivity index (χ4n) is 1.50. The molecule has 1 N–H and O–H groups in total. The zero-order chi connectivity index (χ0) is 14.2. The molecule has 0 bridgehead atoms. The first-order valence-corrected chi connectivity index (χ1v) is 5.19. The number of benzene rings is 1. The maximum atomic E-state index is 13.7. The summed E-state index contributed by atoms with van der Waals surface area (Å²) in [6, 6.07) is 2.77. The van der Waals surface area contributed by atoms with Crippen LogP contribution in [0, 0.1) is 18.6 Å². The van der Waals surface area contributed by atoms with Crippen LogP contribution < -0.4 is 5.43 Å². The molecule has 1 aromatic heterocycles. The van der Waals surface area contributed by atoms with Crippen LogP contribution in [0.5, 0.6) is 0 Å². The molecule has 0 fully saturated rings. The molecular formula is C12H8F2N2O3. The fraction of sp³-hybridized carbons (Fsp3) is 0.0833. The Labute approximate surface area is 105 Å². The van der Waals surface area contributed by atoms with Crippen LogP contribution in [0.3, 0.4) is 0 Å². The minimum absolute atomic E-state index is 0.112. The molecule has 1 aromatic carbocycles. The van der Waals surface area contributed by atoms with E-state index in [0.29, 0.717) is 0 Å². The van der Waals surface area contributed by atoms with Gasteiger partial charge >= 0.3 is 5.97 Å². The minimum atomic E-state index is -1.53. The van der Waals surface area contributed by atoms with Gasteiger partial charge in [0.25, 0.3) is 0 Å². The van der Waals surface area contributed by atoms with E-state index in [1.165, 1.54) is 6.92 Å². The van der Waals surface area contributed by atoms with E-state index in [1.54, 1.807) is 0 Å². The molecule has 0 aliphatic rings. The molecule has 0 saturated heterocycles. The van der Waals surface area contributed by atoms with Crippen LogP contribution in [0.1, 0.15) is 16.1 Å². The Kier molecular flexibility index (Phi) is 3.12. The average molecular weight is 266 g/mol. The second-order valence-corrected chi connectivity index (χ2v) is 3.83. The van der Waals surface area contributed by atoms with Gasteiger partial charge in [-0.1, -0.05) is 0 Å². The van der Waals surface area contributed by atoms with E-state index in [0.717, 1.165) is 29.1 Å². The average Bonchev–Trinajstić information content (AvgIpc) is 2.34. The standard InChI is InChI=1S/C12H8F2N2O3/c1-6-4-8(14)9(5-7(6)13)16-3-2-10(17)11(15-16)12(18)19/h2-5H,1H3,(H,18,19). The predicted molar refractivity (Wildman–Crippen MR) is 61.4 cm³/mol. The highest BCUT2D eigenvalue weighted by Crippen LogP contribution is 2.17. The van der Waals surface area contributed by atoms with Gasteiger partial charge in [0.1, 0.15) is 17.3 Å². The van der Waals surface area contributed by atoms with Crippen molar-refractivity contribution in [3.05, 3.63) is 57.5 Å². The first kappa shape index (κ1) is 12.9. The van der Waals surface area contributed by atoms with Gasteiger partial charge in [0.2, 0.25) is 11.1 Å². The molecule has 5 nitrogen and oxygen atoms in total. The van der Waals surface area contributed by atoms with Crippen molar-refractivity contribution in [2.45, 2.75) is 6.92 Å². The number of hydrogen-bond acceptors (Lipinski definition) is 3. The van der Waals surface area contributed by atoms with Crippen molar-refractivity contribution >= 4 is 5.97 Å². The van der Waals surface area contributed by atoms with E-state index in [9.17, 15) is 18.4 Å². The number of halogens is 2. The largest absolute Gasteiger partial charge is 0.476 e. The highest BCUT2D eigenvalue weighted by molar-refractivity contribution is 5.84. The van der Waals surface area contributed by atoms with Crippen LogP contribution in [0.25, 0.3) is 5.69 Å². The molecule has 0 aliphatic carbocycles. The SMILES string of the molecule is Cc1cc(F)c(-n2ccc(=O)c(C(=O)O)n2)cc1F. The van der Waals surface area contributed by atoms with Crippen molar-refractivity contribution in [1.82, 2.24) is 9.78 Å². The third kappa shape index (κ3) is 2.35. The zero-order valence-electron chi connectivity index (χ0n) is 9.72. The number of carbonyl (C=O) groups is 1. The third-order valence-electron chi connectivity index (χ3n) is 2.49. The lowest BCUT2D eigenvalue weighted by Crippen LogP contribution is -2.20. The predicted octanol–water partition coefficient (Wildman–Crippen LogP) is 1.52. The molecule has 0 radical (unpaired) electrons. The van der Waals surface area contributed by atoms with Crippen molar-refractivity contribution in [2.24, 2.45) is 0 Å². The first-order chi connectivity index (χ1) is 8.90. The van der Waals surface area contributed by atoms with Crippen LogP contribution in [-0.2, 0) is 0 Å². The van der Waals surface area contributed by atoms with E-state index in [-0.39, 0.29) is 11.3 Å². The Morgan fingerprint density at radius 1 is 1.32 bits per heavy atom. The number of aromatic carboxylic acids is 1. The van der Waals surface area contributed by atoms with E-state index >= 15 is 0 Å². The Bertz CT molecular complexity index is 725. The summed E-state index contributed by atoms with van der Waals surface area (Å²) in [7, 11) is 0. The molecule has 0 atom stereocenters. The van der Waals surface area contributed by atoms with Gasteiger partial charge in [0.15, 0.2) is 0 Å². The minimum Gasteiger partial charge on any atom is -0.476 e. The van der Waals surface area contributed by atoms with E-state index in [2.05, 4.69) is 5.10 Å². The summed E-state index contributed by atoms with van der Waals surface area (Å²) in [5.41, 5.74) is -1.73. The van der Waals surface area contributed by atoms with Crippen LogP contribution >= 0.6 is 0 Å². The molecule has 0 unspecified atom stereocenters. The van der Waals surface area contributed by atoms with Crippen LogP contribution in [0.4, 0.5) is 8.78 Å². The Balaban J connectivity index is 2.66. The molecular weight excluding hydrogens is 258 g/mol.